The Kier molecular flexibility index (Phi) is 4.30. The van der Waals surface area contributed by atoms with Crippen LogP contribution in [0.25, 0.3) is 0 Å². The first-order valence-electron chi connectivity index (χ1n) is 2.39. The summed E-state index contributed by atoms with van der Waals surface area (Å²) in [4.78, 5) is 0. The monoisotopic (exact) mass is 174 g/mol. The van der Waals surface area contributed by atoms with Gasteiger partial charge in [-0.2, -0.15) is 13.2 Å². The molecule has 9 heavy (non-hydrogen) atoms. The van der Waals surface area contributed by atoms with Crippen LogP contribution in [0, 0.1) is 0 Å². The van der Waals surface area contributed by atoms with Gasteiger partial charge in [0.2, 0.25) is 0 Å². The maximum atomic E-state index is 11.3. The second kappa shape index (κ2) is 4.17. The molecule has 0 heterocycles. The third kappa shape index (κ3) is 8.30. The highest BCUT2D eigenvalue weighted by atomic mass is 35.5. The van der Waals surface area contributed by atoms with Crippen LogP contribution < -0.4 is 0 Å². The molecule has 0 saturated heterocycles. The van der Waals surface area contributed by atoms with Crippen molar-refractivity contribution in [1.29, 1.82) is 0 Å². The van der Waals surface area contributed by atoms with Crippen molar-refractivity contribution in [3.8, 4) is 0 Å². The molecular weight excluding hydrogens is 169 g/mol. The van der Waals surface area contributed by atoms with E-state index in [4.69, 9.17) is 11.6 Å². The van der Waals surface area contributed by atoms with Crippen molar-refractivity contribution in [3.63, 3.8) is 0 Å². The predicted octanol–water partition coefficient (Wildman–Crippen LogP) is 2.26. The van der Waals surface area contributed by atoms with Crippen LogP contribution in [0.15, 0.2) is 0 Å². The van der Waals surface area contributed by atoms with Gasteiger partial charge in [0.1, 0.15) is 0 Å². The highest BCUT2D eigenvalue weighted by Crippen LogP contribution is 2.20. The van der Waals surface area contributed by atoms with Crippen LogP contribution in [0.1, 0.15) is 6.42 Å². The Morgan fingerprint density at radius 1 is 1.33 bits per heavy atom. The molecule has 0 rings (SSSR count). The van der Waals surface area contributed by atoms with Crippen molar-refractivity contribution in [3.05, 3.63) is 0 Å². The zero-order valence-corrected chi connectivity index (χ0v) is 6.39. The lowest BCUT2D eigenvalue weighted by molar-refractivity contribution is -0.130. The SMILES string of the molecule is FC(F)(F)CC[Si]CCl. The van der Waals surface area contributed by atoms with Crippen LogP contribution in [0.3, 0.4) is 0 Å². The molecule has 0 N–H and O–H groups in total. The van der Waals surface area contributed by atoms with Gasteiger partial charge in [-0.15, -0.1) is 11.6 Å². The molecule has 54 valence electrons. The summed E-state index contributed by atoms with van der Waals surface area (Å²) in [5.74, 6) is 0. The molecule has 0 nitrogen and oxygen atoms in total. The molecule has 0 unspecified atom stereocenters. The van der Waals surface area contributed by atoms with Crippen molar-refractivity contribution in [2.24, 2.45) is 0 Å². The second-order valence-corrected chi connectivity index (χ2v) is 3.57. The van der Waals surface area contributed by atoms with Gasteiger partial charge in [0.15, 0.2) is 0 Å². The van der Waals surface area contributed by atoms with Gasteiger partial charge in [0.25, 0.3) is 0 Å². The molecule has 0 aliphatic heterocycles. The summed E-state index contributed by atoms with van der Waals surface area (Å²) in [5.41, 5.74) is 0.343. The Balaban J connectivity index is 3.07. The Morgan fingerprint density at radius 3 is 2.22 bits per heavy atom. The summed E-state index contributed by atoms with van der Waals surface area (Å²) in [6.45, 7) is 0. The van der Waals surface area contributed by atoms with Crippen LogP contribution >= 0.6 is 11.6 Å². The zero-order chi connectivity index (χ0) is 7.33. The Labute approximate surface area is 59.2 Å². The summed E-state index contributed by atoms with van der Waals surface area (Å²) in [6, 6.07) is 0.174. The van der Waals surface area contributed by atoms with E-state index in [2.05, 4.69) is 0 Å². The van der Waals surface area contributed by atoms with Crippen molar-refractivity contribution in [2.45, 2.75) is 18.6 Å². The second-order valence-electron chi connectivity index (χ2n) is 1.50. The predicted molar refractivity (Wildman–Crippen MR) is 32.0 cm³/mol. The summed E-state index contributed by atoms with van der Waals surface area (Å²) >= 11 is 5.18. The minimum Gasteiger partial charge on any atom is -0.171 e. The van der Waals surface area contributed by atoms with E-state index in [1.54, 1.807) is 0 Å². The summed E-state index contributed by atoms with van der Waals surface area (Å²) in [5, 5.41) is 0. The van der Waals surface area contributed by atoms with E-state index >= 15 is 0 Å². The van der Waals surface area contributed by atoms with E-state index in [9.17, 15) is 13.2 Å². The smallest absolute Gasteiger partial charge is 0.171 e. The van der Waals surface area contributed by atoms with E-state index in [1.807, 2.05) is 0 Å². The maximum Gasteiger partial charge on any atom is 0.388 e. The minimum absolute atomic E-state index is 0.174. The molecule has 0 fully saturated rings. The highest BCUT2D eigenvalue weighted by Gasteiger charge is 2.25. The number of hydrogen-bond acceptors (Lipinski definition) is 0. The number of halogens is 4. The van der Waals surface area contributed by atoms with E-state index in [0.29, 0.717) is 5.50 Å². The third-order valence-corrected chi connectivity index (χ3v) is 2.04. The van der Waals surface area contributed by atoms with Crippen LogP contribution in [0.4, 0.5) is 13.2 Å². The van der Waals surface area contributed by atoms with Crippen LogP contribution in [0.5, 0.6) is 0 Å². The first-order valence-corrected chi connectivity index (χ1v) is 4.34. The van der Waals surface area contributed by atoms with Crippen molar-refractivity contribution in [2.75, 3.05) is 5.50 Å². The Morgan fingerprint density at radius 2 is 1.89 bits per heavy atom. The molecule has 0 amide bonds. The molecule has 0 aliphatic rings. The van der Waals surface area contributed by atoms with Gasteiger partial charge in [-0.25, -0.2) is 0 Å². The lowest BCUT2D eigenvalue weighted by atomic mass is 10.5. The molecule has 0 atom stereocenters. The molecule has 2 radical (unpaired) electrons. The first-order chi connectivity index (χ1) is 4.06. The molecule has 0 bridgehead atoms. The fraction of sp³-hybridized carbons (Fsp3) is 1.00. The summed E-state index contributed by atoms with van der Waals surface area (Å²) in [7, 11) is 0.234. The lowest BCUT2D eigenvalue weighted by Crippen LogP contribution is -2.08. The van der Waals surface area contributed by atoms with Crippen molar-refractivity contribution >= 4 is 21.1 Å². The van der Waals surface area contributed by atoms with Crippen molar-refractivity contribution in [1.82, 2.24) is 0 Å². The van der Waals surface area contributed by atoms with Gasteiger partial charge >= 0.3 is 6.18 Å². The van der Waals surface area contributed by atoms with E-state index in [-0.39, 0.29) is 15.6 Å². The molecule has 0 aromatic rings. The fourth-order valence-corrected chi connectivity index (χ4v) is 1.29. The summed E-state index contributed by atoms with van der Waals surface area (Å²) in [6.07, 6.45) is -4.70. The maximum absolute atomic E-state index is 11.3. The minimum atomic E-state index is -4.00. The third-order valence-electron chi connectivity index (χ3n) is 0.680. The summed E-state index contributed by atoms with van der Waals surface area (Å²) < 4.78 is 34.0. The normalized spacial score (nSPS) is 12.0. The number of rotatable bonds is 3. The number of hydrogen-bond donors (Lipinski definition) is 0. The standard InChI is InChI=1S/C4H6ClF3Si/c5-3-9-2-1-4(6,7)8/h1-3H2. The quantitative estimate of drug-likeness (QED) is 0.350. The van der Waals surface area contributed by atoms with E-state index in [1.165, 1.54) is 0 Å². The molecule has 0 aromatic heterocycles. The zero-order valence-electron chi connectivity index (χ0n) is 4.63. The van der Waals surface area contributed by atoms with Crippen LogP contribution in [0.2, 0.25) is 6.04 Å². The van der Waals surface area contributed by atoms with Gasteiger partial charge in [0.05, 0.1) is 9.52 Å². The molecular formula is C4H6ClF3Si. The largest absolute Gasteiger partial charge is 0.388 e. The molecule has 0 aromatic carbocycles. The molecule has 0 saturated carbocycles. The first kappa shape index (κ1) is 9.30. The van der Waals surface area contributed by atoms with Gasteiger partial charge in [-0.05, 0) is 0 Å². The van der Waals surface area contributed by atoms with Gasteiger partial charge in [0, 0.05) is 11.9 Å². The average Bonchev–Trinajstić information content (AvgIpc) is 1.63. The topological polar surface area (TPSA) is 0 Å². The highest BCUT2D eigenvalue weighted by molar-refractivity contribution is 6.50. The molecule has 0 aliphatic carbocycles. The molecule has 0 spiro atoms. The van der Waals surface area contributed by atoms with Crippen molar-refractivity contribution < 1.29 is 13.2 Å². The van der Waals surface area contributed by atoms with E-state index in [0.717, 1.165) is 0 Å². The Hall–Kier alpha value is 0.297. The Bertz CT molecular complexity index is 72.7. The van der Waals surface area contributed by atoms with Gasteiger partial charge < -0.3 is 0 Å². The van der Waals surface area contributed by atoms with Gasteiger partial charge in [-0.3, -0.25) is 0 Å². The van der Waals surface area contributed by atoms with Crippen LogP contribution in [-0.2, 0) is 0 Å². The van der Waals surface area contributed by atoms with E-state index < -0.39 is 12.6 Å². The van der Waals surface area contributed by atoms with Gasteiger partial charge in [-0.1, -0.05) is 6.04 Å². The lowest BCUT2D eigenvalue weighted by Gasteiger charge is -2.02. The average molecular weight is 175 g/mol. The molecule has 5 heteroatoms. The van der Waals surface area contributed by atoms with Crippen LogP contribution in [-0.4, -0.2) is 21.2 Å². The fourth-order valence-electron chi connectivity index (χ4n) is 0.297. The number of alkyl halides is 4.